The van der Waals surface area contributed by atoms with E-state index >= 15 is 0 Å². The summed E-state index contributed by atoms with van der Waals surface area (Å²) in [7, 11) is 0. The van der Waals surface area contributed by atoms with Gasteiger partial charge in [0.1, 0.15) is 11.2 Å². The first kappa shape index (κ1) is 27.9. The number of fused-ring (bicyclic) bond motifs is 4. The van der Waals surface area contributed by atoms with Crippen molar-refractivity contribution in [2.45, 2.75) is 0 Å². The lowest BCUT2D eigenvalue weighted by Crippen LogP contribution is -2.11. The van der Waals surface area contributed by atoms with E-state index in [0.29, 0.717) is 0 Å². The highest BCUT2D eigenvalue weighted by Gasteiger charge is 2.23. The zero-order valence-corrected chi connectivity index (χ0v) is 26.3. The van der Waals surface area contributed by atoms with Gasteiger partial charge in [-0.25, -0.2) is 0 Å². The smallest absolute Gasteiger partial charge is 0.136 e. The minimum Gasteiger partial charge on any atom is -0.456 e. The van der Waals surface area contributed by atoms with Crippen molar-refractivity contribution in [3.63, 3.8) is 0 Å². The third-order valence-corrected chi connectivity index (χ3v) is 9.29. The molecule has 0 aliphatic heterocycles. The Morgan fingerprint density at radius 2 is 0.875 bits per heavy atom. The van der Waals surface area contributed by atoms with Crippen LogP contribution in [0, 0.1) is 0 Å². The summed E-state index contributed by atoms with van der Waals surface area (Å²) in [5.74, 6) is 0. The van der Waals surface area contributed by atoms with Crippen molar-refractivity contribution >= 4 is 49.8 Å². The topological polar surface area (TPSA) is 16.4 Å². The number of hydrogen-bond donors (Lipinski definition) is 0. The number of rotatable bonds is 6. The molecule has 0 saturated heterocycles. The molecule has 0 aliphatic rings. The molecule has 8 aromatic carbocycles. The lowest BCUT2D eigenvalue weighted by atomic mass is 9.92. The number of nitrogens with zero attached hydrogens (tertiary/aromatic N) is 1. The maximum absolute atomic E-state index is 6.48. The second kappa shape index (κ2) is 11.8. The van der Waals surface area contributed by atoms with Crippen LogP contribution in [0.4, 0.5) is 17.1 Å². The Morgan fingerprint density at radius 1 is 0.354 bits per heavy atom. The molecule has 48 heavy (non-hydrogen) atoms. The summed E-state index contributed by atoms with van der Waals surface area (Å²) in [6.07, 6.45) is 0. The highest BCUT2D eigenvalue weighted by atomic mass is 16.3. The van der Waals surface area contributed by atoms with Crippen LogP contribution in [0.1, 0.15) is 0 Å². The Morgan fingerprint density at radius 3 is 1.52 bits per heavy atom. The summed E-state index contributed by atoms with van der Waals surface area (Å²) in [5, 5.41) is 4.64. The third kappa shape index (κ3) is 4.83. The van der Waals surface area contributed by atoms with E-state index in [9.17, 15) is 0 Å². The number of para-hydroxylation sites is 1. The molecule has 0 amide bonds. The van der Waals surface area contributed by atoms with Gasteiger partial charge in [0.05, 0.1) is 5.69 Å². The highest BCUT2D eigenvalue weighted by molar-refractivity contribution is 6.19. The van der Waals surface area contributed by atoms with Gasteiger partial charge < -0.3 is 9.32 Å². The normalized spacial score (nSPS) is 11.3. The van der Waals surface area contributed by atoms with Gasteiger partial charge in [0.2, 0.25) is 0 Å². The first-order valence-electron chi connectivity index (χ1n) is 16.4. The Kier molecular flexibility index (Phi) is 6.84. The second-order valence-electron chi connectivity index (χ2n) is 12.1. The molecule has 9 aromatic rings. The van der Waals surface area contributed by atoms with E-state index in [2.05, 4.69) is 187 Å². The zero-order chi connectivity index (χ0) is 31.9. The van der Waals surface area contributed by atoms with Crippen LogP contribution in [-0.2, 0) is 0 Å². The van der Waals surface area contributed by atoms with E-state index in [1.165, 1.54) is 38.6 Å². The van der Waals surface area contributed by atoms with Crippen LogP contribution in [-0.4, -0.2) is 0 Å². The molecule has 0 atom stereocenters. The Bertz CT molecular complexity index is 2440. The predicted molar refractivity (Wildman–Crippen MR) is 202 cm³/mol. The monoisotopic (exact) mass is 613 g/mol. The number of benzene rings is 8. The van der Waals surface area contributed by atoms with Crippen LogP contribution in [0.3, 0.4) is 0 Å². The van der Waals surface area contributed by atoms with Crippen LogP contribution < -0.4 is 4.90 Å². The summed E-state index contributed by atoms with van der Waals surface area (Å²) in [4.78, 5) is 2.39. The largest absolute Gasteiger partial charge is 0.456 e. The van der Waals surface area contributed by atoms with E-state index in [-0.39, 0.29) is 0 Å². The quantitative estimate of drug-likeness (QED) is 0.185. The van der Waals surface area contributed by atoms with E-state index in [0.717, 1.165) is 44.6 Å². The van der Waals surface area contributed by atoms with Crippen molar-refractivity contribution in [1.82, 2.24) is 0 Å². The highest BCUT2D eigenvalue weighted by Crippen LogP contribution is 2.48. The minimum atomic E-state index is 0.877. The summed E-state index contributed by atoms with van der Waals surface area (Å²) in [5.41, 5.74) is 12.1. The van der Waals surface area contributed by atoms with Crippen molar-refractivity contribution in [3.8, 4) is 33.4 Å². The maximum atomic E-state index is 6.48. The Hall–Kier alpha value is -6.38. The average molecular weight is 614 g/mol. The van der Waals surface area contributed by atoms with E-state index in [1.807, 2.05) is 6.07 Å². The zero-order valence-electron chi connectivity index (χ0n) is 26.3. The van der Waals surface area contributed by atoms with Crippen LogP contribution >= 0.6 is 0 Å². The lowest BCUT2D eigenvalue weighted by molar-refractivity contribution is 0.669. The van der Waals surface area contributed by atoms with Gasteiger partial charge in [-0.2, -0.15) is 0 Å². The maximum Gasteiger partial charge on any atom is 0.136 e. The summed E-state index contributed by atoms with van der Waals surface area (Å²) in [6.45, 7) is 0. The van der Waals surface area contributed by atoms with Gasteiger partial charge in [-0.1, -0.05) is 146 Å². The lowest BCUT2D eigenvalue weighted by Gasteiger charge is -2.29. The van der Waals surface area contributed by atoms with Gasteiger partial charge in [0.15, 0.2) is 0 Å². The molecule has 0 spiro atoms. The van der Waals surface area contributed by atoms with Crippen molar-refractivity contribution in [2.75, 3.05) is 4.90 Å². The van der Waals surface area contributed by atoms with Gasteiger partial charge in [0, 0.05) is 27.7 Å². The molecular formula is C46H31NO. The Balaban J connectivity index is 1.32. The molecule has 0 bridgehead atoms. The van der Waals surface area contributed by atoms with Crippen molar-refractivity contribution in [1.29, 1.82) is 0 Å². The molecule has 226 valence electrons. The van der Waals surface area contributed by atoms with Gasteiger partial charge in [0.25, 0.3) is 0 Å². The van der Waals surface area contributed by atoms with Gasteiger partial charge in [-0.05, 0) is 81.1 Å². The molecule has 0 radical (unpaired) electrons. The van der Waals surface area contributed by atoms with E-state index in [1.54, 1.807) is 0 Å². The molecule has 0 unspecified atom stereocenters. The van der Waals surface area contributed by atoms with Gasteiger partial charge in [-0.15, -0.1) is 0 Å². The molecule has 1 heterocycles. The van der Waals surface area contributed by atoms with E-state index in [4.69, 9.17) is 4.42 Å². The summed E-state index contributed by atoms with van der Waals surface area (Å²) in [6, 6.07) is 66.9. The SMILES string of the molecule is c1ccc(-c2ccc(N(c3ccc(-c4ccccc4)cc3)c3ccc4oc5ccccc5c4c3-c3cccc4ccccc34)cc2)cc1. The van der Waals surface area contributed by atoms with Crippen molar-refractivity contribution in [2.24, 2.45) is 0 Å². The first-order valence-corrected chi connectivity index (χ1v) is 16.4. The van der Waals surface area contributed by atoms with Crippen LogP contribution in [0.5, 0.6) is 0 Å². The first-order chi connectivity index (χ1) is 23.8. The summed E-state index contributed by atoms with van der Waals surface area (Å²) >= 11 is 0. The number of furan rings is 1. The van der Waals surface area contributed by atoms with Crippen LogP contribution in [0.2, 0.25) is 0 Å². The molecule has 1 aromatic heterocycles. The fourth-order valence-electron chi connectivity index (χ4n) is 7.00. The molecule has 2 nitrogen and oxygen atoms in total. The minimum absolute atomic E-state index is 0.877. The molecule has 9 rings (SSSR count). The fourth-order valence-corrected chi connectivity index (χ4v) is 7.00. The molecule has 2 heteroatoms. The van der Waals surface area contributed by atoms with Crippen LogP contribution in [0.15, 0.2) is 192 Å². The number of hydrogen-bond acceptors (Lipinski definition) is 2. The number of anilines is 3. The van der Waals surface area contributed by atoms with Gasteiger partial charge >= 0.3 is 0 Å². The predicted octanol–water partition coefficient (Wildman–Crippen LogP) is 13.2. The molecule has 0 fully saturated rings. The van der Waals surface area contributed by atoms with Crippen LogP contribution in [0.25, 0.3) is 66.1 Å². The van der Waals surface area contributed by atoms with E-state index < -0.39 is 0 Å². The van der Waals surface area contributed by atoms with Crippen molar-refractivity contribution in [3.05, 3.63) is 188 Å². The molecule has 0 aliphatic carbocycles. The second-order valence-corrected chi connectivity index (χ2v) is 12.1. The third-order valence-electron chi connectivity index (χ3n) is 9.29. The average Bonchev–Trinajstić information content (AvgIpc) is 3.55. The summed E-state index contributed by atoms with van der Waals surface area (Å²) < 4.78 is 6.48. The van der Waals surface area contributed by atoms with Gasteiger partial charge in [-0.3, -0.25) is 0 Å². The fraction of sp³-hybridized carbons (Fsp3) is 0. The van der Waals surface area contributed by atoms with Crippen molar-refractivity contribution < 1.29 is 4.42 Å². The Labute approximate surface area is 279 Å². The standard InChI is InChI=1S/C46H31NO/c1-3-12-32(13-4-1)34-22-26-37(27-23-34)47(38-28-24-35(25-29-38)33-14-5-2-6-15-33)42-30-31-44-46(41-19-9-10-21-43(41)48-44)45(42)40-20-11-17-36-16-7-8-18-39(36)40/h1-31H. The molecular weight excluding hydrogens is 583 g/mol. The molecule has 0 saturated carbocycles. The molecule has 0 N–H and O–H groups in total.